The Morgan fingerprint density at radius 3 is 2.93 bits per heavy atom. The second-order valence-corrected chi connectivity index (χ2v) is 8.37. The summed E-state index contributed by atoms with van der Waals surface area (Å²) in [5.41, 5.74) is 1.26. The van der Waals surface area contributed by atoms with Crippen molar-refractivity contribution in [1.82, 2.24) is 10.3 Å². The maximum absolute atomic E-state index is 14.3. The van der Waals surface area contributed by atoms with E-state index in [0.29, 0.717) is 33.9 Å². The van der Waals surface area contributed by atoms with Crippen LogP contribution in [0.4, 0.5) is 8.78 Å². The summed E-state index contributed by atoms with van der Waals surface area (Å²) in [5, 5.41) is 16.2. The van der Waals surface area contributed by atoms with Crippen LogP contribution in [0, 0.1) is 11.3 Å². The summed E-state index contributed by atoms with van der Waals surface area (Å²) in [6, 6.07) is -0.138. The van der Waals surface area contributed by atoms with Crippen LogP contribution < -0.4 is 5.32 Å². The molecule has 0 spiro atoms. The summed E-state index contributed by atoms with van der Waals surface area (Å²) in [7, 11) is 0. The number of alkyl halides is 2. The van der Waals surface area contributed by atoms with Gasteiger partial charge >= 0.3 is 0 Å². The lowest BCUT2D eigenvalue weighted by molar-refractivity contribution is -0.0784. The molecule has 8 heteroatoms. The molecule has 1 aliphatic carbocycles. The minimum Gasteiger partial charge on any atom is -0.342 e. The quantitative estimate of drug-likeness (QED) is 0.638. The van der Waals surface area contributed by atoms with Crippen LogP contribution in [0.3, 0.4) is 0 Å². The van der Waals surface area contributed by atoms with Gasteiger partial charge in [0.15, 0.2) is 0 Å². The smallest absolute Gasteiger partial charge is 0.268 e. The van der Waals surface area contributed by atoms with E-state index in [9.17, 15) is 13.6 Å². The van der Waals surface area contributed by atoms with Crippen LogP contribution in [0.25, 0.3) is 6.08 Å². The summed E-state index contributed by atoms with van der Waals surface area (Å²) >= 11 is 1.16. The van der Waals surface area contributed by atoms with Gasteiger partial charge in [-0.3, -0.25) is 9.80 Å². The van der Waals surface area contributed by atoms with Gasteiger partial charge in [-0.1, -0.05) is 26.2 Å². The zero-order valence-electron chi connectivity index (χ0n) is 16.2. The lowest BCUT2D eigenvalue weighted by Crippen LogP contribution is -2.53. The van der Waals surface area contributed by atoms with Gasteiger partial charge in [-0.05, 0) is 37.0 Å². The highest BCUT2D eigenvalue weighted by molar-refractivity contribution is 7.15. The van der Waals surface area contributed by atoms with E-state index < -0.39 is 23.9 Å². The monoisotopic (exact) mass is 418 g/mol. The van der Waals surface area contributed by atoms with Gasteiger partial charge < -0.3 is 10.7 Å². The Bertz CT molecular complexity index is 889. The van der Waals surface area contributed by atoms with Gasteiger partial charge in [0.2, 0.25) is 0 Å². The van der Waals surface area contributed by atoms with Crippen molar-refractivity contribution in [1.29, 1.82) is 5.41 Å². The zero-order valence-corrected chi connectivity index (χ0v) is 17.0. The van der Waals surface area contributed by atoms with Crippen LogP contribution in [0.2, 0.25) is 0 Å². The fourth-order valence-corrected chi connectivity index (χ4v) is 4.69. The molecule has 1 aliphatic heterocycles. The van der Waals surface area contributed by atoms with E-state index in [0.717, 1.165) is 11.3 Å². The molecule has 1 amide bonds. The molecule has 5 nitrogen and oxygen atoms in total. The Balaban J connectivity index is 1.87. The minimum atomic E-state index is -2.92. The van der Waals surface area contributed by atoms with Crippen molar-refractivity contribution >= 4 is 35.7 Å². The third-order valence-corrected chi connectivity index (χ3v) is 6.43. The first-order valence-corrected chi connectivity index (χ1v) is 10.2. The Morgan fingerprint density at radius 2 is 2.31 bits per heavy atom. The molecule has 3 unspecified atom stereocenters. The molecule has 2 N–H and O–H groups in total. The minimum absolute atomic E-state index is 0.214. The summed E-state index contributed by atoms with van der Waals surface area (Å²) in [6.07, 6.45) is 8.80. The number of hydrogen-bond acceptors (Lipinski definition) is 5. The fraction of sp³-hybridized carbons (Fsp3) is 0.381. The highest BCUT2D eigenvalue weighted by atomic mass is 32.1. The number of nitrogens with one attached hydrogen (secondary N) is 2. The van der Waals surface area contributed by atoms with E-state index >= 15 is 0 Å². The standard InChI is InChI=1S/C21H24F2N4OS/c1-4-17-15(16(12-24)27-14(3)8-6-10-25-27)11-18(29-17)20(28)26-19-13(2)7-5-9-21(19,22)23/h4,6,8,10-13,16,19,24H,1,3,5,7,9H2,2H3,(H,26,28). The molecule has 2 aliphatic rings. The molecule has 0 bridgehead atoms. The first kappa shape index (κ1) is 21.1. The number of halogens is 2. The number of carbonyl (C=O) groups excluding carboxylic acids is 1. The number of hydrogen-bond donors (Lipinski definition) is 2. The van der Waals surface area contributed by atoms with Crippen molar-refractivity contribution in [3.8, 4) is 0 Å². The summed E-state index contributed by atoms with van der Waals surface area (Å²) in [6.45, 7) is 9.45. The molecule has 2 heterocycles. The topological polar surface area (TPSA) is 68.6 Å². The molecule has 29 heavy (non-hydrogen) atoms. The van der Waals surface area contributed by atoms with E-state index in [4.69, 9.17) is 5.41 Å². The number of carbonyl (C=O) groups is 1. The summed E-state index contributed by atoms with van der Waals surface area (Å²) in [5.74, 6) is -3.75. The molecular weight excluding hydrogens is 394 g/mol. The van der Waals surface area contributed by atoms with Gasteiger partial charge in [-0.15, -0.1) is 11.3 Å². The normalized spacial score (nSPS) is 24.2. The largest absolute Gasteiger partial charge is 0.342 e. The number of thiophene rings is 1. The predicted molar refractivity (Wildman–Crippen MR) is 114 cm³/mol. The Hall–Kier alpha value is -2.61. The van der Waals surface area contributed by atoms with Crippen LogP contribution in [0.5, 0.6) is 0 Å². The molecular formula is C21H24F2N4OS. The van der Waals surface area contributed by atoms with Crippen molar-refractivity contribution in [3.05, 3.63) is 52.4 Å². The van der Waals surface area contributed by atoms with Crippen LogP contribution in [-0.2, 0) is 0 Å². The number of allylic oxidation sites excluding steroid dienone is 2. The fourth-order valence-electron chi connectivity index (χ4n) is 3.74. The molecule has 1 aromatic rings. The maximum Gasteiger partial charge on any atom is 0.268 e. The van der Waals surface area contributed by atoms with Crippen LogP contribution in [-0.4, -0.2) is 35.3 Å². The lowest BCUT2D eigenvalue weighted by Gasteiger charge is -2.36. The predicted octanol–water partition coefficient (Wildman–Crippen LogP) is 5.01. The zero-order chi connectivity index (χ0) is 21.2. The molecule has 0 radical (unpaired) electrons. The van der Waals surface area contributed by atoms with E-state index in [1.54, 1.807) is 42.4 Å². The van der Waals surface area contributed by atoms with Crippen LogP contribution >= 0.6 is 11.3 Å². The van der Waals surface area contributed by atoms with Crippen LogP contribution in [0.15, 0.2) is 42.2 Å². The maximum atomic E-state index is 14.3. The van der Waals surface area contributed by atoms with Gasteiger partial charge in [0.1, 0.15) is 6.04 Å². The van der Waals surface area contributed by atoms with Gasteiger partial charge in [0.25, 0.3) is 11.8 Å². The van der Waals surface area contributed by atoms with Gasteiger partial charge in [-0.25, -0.2) is 8.78 Å². The first-order chi connectivity index (χ1) is 13.8. The average molecular weight is 419 g/mol. The first-order valence-electron chi connectivity index (χ1n) is 9.42. The average Bonchev–Trinajstić information content (AvgIpc) is 3.11. The highest BCUT2D eigenvalue weighted by Crippen LogP contribution is 2.38. The SMILES string of the molecule is C=Cc1sc(C(=O)NC2C(C)CCCC2(F)F)cc1C(C=N)N1N=CC=CC1=C. The molecule has 0 saturated heterocycles. The van der Waals surface area contributed by atoms with Gasteiger partial charge in [0, 0.05) is 29.3 Å². The van der Waals surface area contributed by atoms with E-state index in [1.165, 1.54) is 6.21 Å². The molecule has 1 aromatic heterocycles. The van der Waals surface area contributed by atoms with Crippen molar-refractivity contribution in [2.24, 2.45) is 11.0 Å². The number of nitrogens with zero attached hydrogens (tertiary/aromatic N) is 2. The highest BCUT2D eigenvalue weighted by Gasteiger charge is 2.46. The molecule has 1 fully saturated rings. The Morgan fingerprint density at radius 1 is 1.55 bits per heavy atom. The van der Waals surface area contributed by atoms with Crippen molar-refractivity contribution in [2.75, 3.05) is 0 Å². The van der Waals surface area contributed by atoms with Gasteiger partial charge in [0.05, 0.1) is 16.6 Å². The number of hydrazone groups is 1. The number of rotatable bonds is 6. The molecule has 3 atom stereocenters. The third-order valence-electron chi connectivity index (χ3n) is 5.28. The number of amides is 1. The van der Waals surface area contributed by atoms with Crippen molar-refractivity contribution < 1.29 is 13.6 Å². The Kier molecular flexibility index (Phi) is 6.12. The Labute approximate surface area is 173 Å². The molecule has 154 valence electrons. The van der Waals surface area contributed by atoms with E-state index in [-0.39, 0.29) is 12.3 Å². The third kappa shape index (κ3) is 4.22. The van der Waals surface area contributed by atoms with Gasteiger partial charge in [-0.2, -0.15) is 5.10 Å². The lowest BCUT2D eigenvalue weighted by atomic mass is 9.83. The summed E-state index contributed by atoms with van der Waals surface area (Å²) < 4.78 is 28.6. The van der Waals surface area contributed by atoms with Crippen molar-refractivity contribution in [3.63, 3.8) is 0 Å². The van der Waals surface area contributed by atoms with E-state index in [2.05, 4.69) is 23.6 Å². The molecule has 3 rings (SSSR count). The second kappa shape index (κ2) is 8.41. The van der Waals surface area contributed by atoms with Crippen molar-refractivity contribution in [2.45, 2.75) is 44.2 Å². The van der Waals surface area contributed by atoms with Crippen LogP contribution in [0.1, 0.15) is 52.3 Å². The van der Waals surface area contributed by atoms with E-state index in [1.807, 2.05) is 0 Å². The molecule has 0 aromatic carbocycles. The molecule has 1 saturated carbocycles. The second-order valence-electron chi connectivity index (χ2n) is 7.29. The summed E-state index contributed by atoms with van der Waals surface area (Å²) in [4.78, 5) is 13.8.